The Bertz CT molecular complexity index is 992. The Balaban J connectivity index is 1.82. The number of amides is 1. The first-order chi connectivity index (χ1) is 14.0. The lowest BCUT2D eigenvalue weighted by molar-refractivity contribution is -0.122. The van der Waals surface area contributed by atoms with E-state index >= 15 is 0 Å². The number of rotatable bonds is 4. The van der Waals surface area contributed by atoms with Crippen LogP contribution in [0.25, 0.3) is 0 Å². The number of methoxy groups -OCH3 is 1. The van der Waals surface area contributed by atoms with E-state index in [-0.39, 0.29) is 23.9 Å². The van der Waals surface area contributed by atoms with Gasteiger partial charge in [0.25, 0.3) is 0 Å². The summed E-state index contributed by atoms with van der Waals surface area (Å²) in [7, 11) is 1.66. The molecule has 2 atom stereocenters. The molecule has 0 bridgehead atoms. The summed E-state index contributed by atoms with van der Waals surface area (Å²) in [5.74, 6) is 1.33. The molecule has 1 aliphatic rings. The van der Waals surface area contributed by atoms with Crippen molar-refractivity contribution in [3.05, 3.63) is 71.5 Å². The highest BCUT2D eigenvalue weighted by Gasteiger charge is 2.39. The molecule has 0 fully saturated rings. The van der Waals surface area contributed by atoms with E-state index < -0.39 is 0 Å². The number of anilines is 1. The van der Waals surface area contributed by atoms with E-state index in [1.165, 1.54) is 11.9 Å². The van der Waals surface area contributed by atoms with Crippen LogP contribution in [-0.4, -0.2) is 27.8 Å². The first-order valence-electron chi connectivity index (χ1n) is 9.92. The molecule has 0 unspecified atom stereocenters. The second kappa shape index (κ2) is 7.70. The number of hydrogen-bond acceptors (Lipinski definition) is 4. The molecule has 2 heterocycles. The summed E-state index contributed by atoms with van der Waals surface area (Å²) >= 11 is 0. The summed E-state index contributed by atoms with van der Waals surface area (Å²) in [5.41, 5.74) is 3.42. The molecule has 0 saturated heterocycles. The number of carbonyl (C=O) groups excluding carboxylic acids is 1. The molecule has 150 valence electrons. The molecule has 29 heavy (non-hydrogen) atoms. The fourth-order valence-electron chi connectivity index (χ4n) is 3.90. The lowest BCUT2D eigenvalue weighted by Crippen LogP contribution is -2.44. The van der Waals surface area contributed by atoms with Gasteiger partial charge in [-0.3, -0.25) is 9.69 Å². The summed E-state index contributed by atoms with van der Waals surface area (Å²) in [5, 5.41) is 4.47. The second-order valence-corrected chi connectivity index (χ2v) is 7.82. The molecule has 2 aromatic carbocycles. The Morgan fingerprint density at radius 2 is 1.66 bits per heavy atom. The Labute approximate surface area is 171 Å². The zero-order valence-corrected chi connectivity index (χ0v) is 17.2. The van der Waals surface area contributed by atoms with Gasteiger partial charge in [0, 0.05) is 5.92 Å². The van der Waals surface area contributed by atoms with Crippen molar-refractivity contribution in [2.75, 3.05) is 12.0 Å². The van der Waals surface area contributed by atoms with Gasteiger partial charge in [-0.25, -0.2) is 4.68 Å². The lowest BCUT2D eigenvalue weighted by Gasteiger charge is -2.40. The maximum absolute atomic E-state index is 13.2. The van der Waals surface area contributed by atoms with Crippen molar-refractivity contribution >= 4 is 11.9 Å². The van der Waals surface area contributed by atoms with Gasteiger partial charge in [0.15, 0.2) is 0 Å². The minimum atomic E-state index is -0.134. The van der Waals surface area contributed by atoms with Crippen molar-refractivity contribution in [1.29, 1.82) is 0 Å². The minimum Gasteiger partial charge on any atom is -0.497 e. The van der Waals surface area contributed by atoms with Gasteiger partial charge in [0.1, 0.15) is 12.1 Å². The standard InChI is InChI=1S/C23H26N4O2/c1-15(2)22(28)26-20(17-7-5-16(3)6-8-17)13-21(27-23(26)24-14-25-27)18-9-11-19(29-4)12-10-18/h5-12,14-15,20-21H,13H2,1-4H3/t20-,21+/m1/s1. The normalized spacial score (nSPS) is 18.6. The molecule has 0 saturated carbocycles. The molecule has 0 radical (unpaired) electrons. The van der Waals surface area contributed by atoms with E-state index in [2.05, 4.69) is 53.4 Å². The van der Waals surface area contributed by atoms with Crippen LogP contribution in [0.5, 0.6) is 5.75 Å². The molecule has 0 aliphatic carbocycles. The molecule has 3 aromatic rings. The van der Waals surface area contributed by atoms with Gasteiger partial charge in [0.2, 0.25) is 11.9 Å². The van der Waals surface area contributed by atoms with Crippen LogP contribution in [0.15, 0.2) is 54.9 Å². The van der Waals surface area contributed by atoms with Gasteiger partial charge in [-0.05, 0) is 36.6 Å². The Morgan fingerprint density at radius 3 is 2.28 bits per heavy atom. The van der Waals surface area contributed by atoms with Crippen LogP contribution < -0.4 is 9.64 Å². The highest BCUT2D eigenvalue weighted by atomic mass is 16.5. The van der Waals surface area contributed by atoms with Gasteiger partial charge in [0.05, 0.1) is 19.2 Å². The molecule has 1 aromatic heterocycles. The predicted molar refractivity (Wildman–Crippen MR) is 112 cm³/mol. The first-order valence-corrected chi connectivity index (χ1v) is 9.92. The van der Waals surface area contributed by atoms with E-state index in [1.807, 2.05) is 35.6 Å². The van der Waals surface area contributed by atoms with Gasteiger partial charge in [-0.1, -0.05) is 55.8 Å². The smallest absolute Gasteiger partial charge is 0.232 e. The molecular formula is C23H26N4O2. The first kappa shape index (κ1) is 19.2. The predicted octanol–water partition coefficient (Wildman–Crippen LogP) is 4.32. The van der Waals surface area contributed by atoms with E-state index in [0.29, 0.717) is 5.95 Å². The summed E-state index contributed by atoms with van der Waals surface area (Å²) in [6.07, 6.45) is 2.26. The Hall–Kier alpha value is -3.15. The largest absolute Gasteiger partial charge is 0.497 e. The number of aryl methyl sites for hydroxylation is 1. The van der Waals surface area contributed by atoms with Crippen molar-refractivity contribution in [3.63, 3.8) is 0 Å². The van der Waals surface area contributed by atoms with Crippen LogP contribution in [-0.2, 0) is 4.79 Å². The molecule has 6 nitrogen and oxygen atoms in total. The SMILES string of the molecule is COc1ccc([C@@H]2C[C@H](c3ccc(C)cc3)N(C(=O)C(C)C)c3ncnn32)cc1. The number of fused-ring (bicyclic) bond motifs is 1. The number of hydrogen-bond donors (Lipinski definition) is 0. The maximum Gasteiger partial charge on any atom is 0.232 e. The van der Waals surface area contributed by atoms with E-state index in [1.54, 1.807) is 7.11 Å². The molecule has 6 heteroatoms. The highest BCUT2D eigenvalue weighted by molar-refractivity contribution is 5.94. The van der Waals surface area contributed by atoms with E-state index in [9.17, 15) is 4.79 Å². The minimum absolute atomic E-state index is 0.0130. The average Bonchev–Trinajstić information content (AvgIpc) is 3.22. The summed E-state index contributed by atoms with van der Waals surface area (Å²) < 4.78 is 7.17. The summed E-state index contributed by atoms with van der Waals surface area (Å²) in [6, 6.07) is 16.3. The quantitative estimate of drug-likeness (QED) is 0.666. The number of carbonyl (C=O) groups is 1. The average molecular weight is 390 g/mol. The molecule has 1 amide bonds. The summed E-state index contributed by atoms with van der Waals surface area (Å²) in [6.45, 7) is 5.91. The van der Waals surface area contributed by atoms with Crippen LogP contribution >= 0.6 is 0 Å². The fraction of sp³-hybridized carbons (Fsp3) is 0.348. The topological polar surface area (TPSA) is 60.2 Å². The third-order valence-corrected chi connectivity index (χ3v) is 5.52. The van der Waals surface area contributed by atoms with E-state index in [4.69, 9.17) is 4.74 Å². The number of nitrogens with zero attached hydrogens (tertiary/aromatic N) is 4. The number of aromatic nitrogens is 3. The monoisotopic (exact) mass is 390 g/mol. The molecule has 0 N–H and O–H groups in total. The van der Waals surface area contributed by atoms with Crippen molar-refractivity contribution in [2.45, 2.75) is 39.3 Å². The third kappa shape index (κ3) is 3.50. The number of ether oxygens (including phenoxy) is 1. The van der Waals surface area contributed by atoms with Gasteiger partial charge >= 0.3 is 0 Å². The third-order valence-electron chi connectivity index (χ3n) is 5.52. The van der Waals surface area contributed by atoms with Gasteiger partial charge < -0.3 is 4.74 Å². The van der Waals surface area contributed by atoms with Gasteiger partial charge in [-0.2, -0.15) is 10.1 Å². The van der Waals surface area contributed by atoms with Crippen LogP contribution in [0.3, 0.4) is 0 Å². The maximum atomic E-state index is 13.2. The van der Waals surface area contributed by atoms with Crippen LogP contribution in [0.4, 0.5) is 5.95 Å². The zero-order valence-electron chi connectivity index (χ0n) is 17.2. The zero-order chi connectivity index (χ0) is 20.5. The van der Waals surface area contributed by atoms with Crippen LogP contribution in [0.2, 0.25) is 0 Å². The van der Waals surface area contributed by atoms with Gasteiger partial charge in [-0.15, -0.1) is 0 Å². The Kier molecular flexibility index (Phi) is 5.09. The highest BCUT2D eigenvalue weighted by Crippen LogP contribution is 2.42. The van der Waals surface area contributed by atoms with Crippen molar-refractivity contribution in [2.24, 2.45) is 5.92 Å². The second-order valence-electron chi connectivity index (χ2n) is 7.82. The van der Waals surface area contributed by atoms with Crippen LogP contribution in [0.1, 0.15) is 49.0 Å². The molecule has 1 aliphatic heterocycles. The number of benzene rings is 2. The van der Waals surface area contributed by atoms with Crippen molar-refractivity contribution in [1.82, 2.24) is 14.8 Å². The molecule has 4 rings (SSSR count). The molecular weight excluding hydrogens is 364 g/mol. The fourth-order valence-corrected chi connectivity index (χ4v) is 3.90. The lowest BCUT2D eigenvalue weighted by atomic mass is 9.91. The van der Waals surface area contributed by atoms with Crippen molar-refractivity contribution in [3.8, 4) is 5.75 Å². The van der Waals surface area contributed by atoms with E-state index in [0.717, 1.165) is 23.3 Å². The molecule has 0 spiro atoms. The van der Waals surface area contributed by atoms with Crippen molar-refractivity contribution < 1.29 is 9.53 Å². The summed E-state index contributed by atoms with van der Waals surface area (Å²) in [4.78, 5) is 19.5. The Morgan fingerprint density at radius 1 is 1.03 bits per heavy atom. The van der Waals surface area contributed by atoms with Crippen LogP contribution in [0, 0.1) is 12.8 Å².